The number of aryl methyl sites for hydroxylation is 2. The summed E-state index contributed by atoms with van der Waals surface area (Å²) in [4.78, 5) is 30.4. The van der Waals surface area contributed by atoms with Gasteiger partial charge in [0.1, 0.15) is 0 Å². The smallest absolute Gasteiger partial charge is 0.266 e. The number of anilines is 4. The summed E-state index contributed by atoms with van der Waals surface area (Å²) >= 11 is 0. The highest BCUT2D eigenvalue weighted by Crippen LogP contribution is 2.55. The highest BCUT2D eigenvalue weighted by molar-refractivity contribution is 6.22. The van der Waals surface area contributed by atoms with E-state index < -0.39 is 5.54 Å². The molecule has 1 spiro atoms. The number of para-hydroxylation sites is 2. The molecule has 2 heterocycles. The zero-order valence-corrected chi connectivity index (χ0v) is 20.5. The normalized spacial score (nSPS) is 22.2. The van der Waals surface area contributed by atoms with E-state index in [9.17, 15) is 9.59 Å². The van der Waals surface area contributed by atoms with Crippen molar-refractivity contribution in [2.45, 2.75) is 46.1 Å². The van der Waals surface area contributed by atoms with E-state index in [1.807, 2.05) is 54.6 Å². The number of nitrogens with zero attached hydrogens (tertiary/aromatic N) is 1. The molecule has 3 aromatic rings. The van der Waals surface area contributed by atoms with E-state index in [0.717, 1.165) is 45.1 Å². The van der Waals surface area contributed by atoms with Crippen LogP contribution in [0, 0.1) is 19.3 Å². The van der Waals surface area contributed by atoms with Gasteiger partial charge in [-0.05, 0) is 67.1 Å². The van der Waals surface area contributed by atoms with Crippen molar-refractivity contribution in [1.82, 2.24) is 0 Å². The van der Waals surface area contributed by atoms with Crippen LogP contribution in [0.4, 0.5) is 22.7 Å². The summed E-state index contributed by atoms with van der Waals surface area (Å²) in [6, 6.07) is 21.7. The van der Waals surface area contributed by atoms with E-state index in [1.54, 1.807) is 4.90 Å². The minimum atomic E-state index is -1.31. The Morgan fingerprint density at radius 3 is 2.23 bits per heavy atom. The standard InChI is InChI=1S/C30H29N3O2/c1-18-14-22-23(15-19(18)2)32-30(27-24(31-22)16-29(3,4)17-26(27)34)21-12-8-9-13-25(21)33(28(30)35)20-10-6-5-7-11-20/h5-15,31-32H,16-17H2,1-4H3. The summed E-state index contributed by atoms with van der Waals surface area (Å²) in [6.07, 6.45) is 1.08. The number of fused-ring (bicyclic) bond motifs is 4. The minimum Gasteiger partial charge on any atom is -0.362 e. The Bertz CT molecular complexity index is 1440. The fourth-order valence-electron chi connectivity index (χ4n) is 5.89. The van der Waals surface area contributed by atoms with Gasteiger partial charge in [0.15, 0.2) is 11.3 Å². The third-order valence-corrected chi connectivity index (χ3v) is 7.58. The number of benzene rings is 3. The van der Waals surface area contributed by atoms with Crippen LogP contribution in [0.15, 0.2) is 78.0 Å². The summed E-state index contributed by atoms with van der Waals surface area (Å²) in [7, 11) is 0. The average Bonchev–Trinajstić information content (AvgIpc) is 2.95. The Morgan fingerprint density at radius 1 is 0.829 bits per heavy atom. The Hall–Kier alpha value is -3.86. The maximum absolute atomic E-state index is 14.7. The molecule has 1 amide bonds. The first-order valence-corrected chi connectivity index (χ1v) is 12.1. The Balaban J connectivity index is 1.68. The monoisotopic (exact) mass is 463 g/mol. The van der Waals surface area contributed by atoms with E-state index in [0.29, 0.717) is 18.4 Å². The lowest BCUT2D eigenvalue weighted by Crippen LogP contribution is -2.50. The van der Waals surface area contributed by atoms with Crippen LogP contribution in [-0.4, -0.2) is 11.7 Å². The molecule has 0 radical (unpaired) electrons. The predicted octanol–water partition coefficient (Wildman–Crippen LogP) is 6.36. The van der Waals surface area contributed by atoms with Gasteiger partial charge in [0.25, 0.3) is 5.91 Å². The molecule has 176 valence electrons. The fourth-order valence-corrected chi connectivity index (χ4v) is 5.89. The summed E-state index contributed by atoms with van der Waals surface area (Å²) in [5.74, 6) is -0.145. The van der Waals surface area contributed by atoms with Crippen molar-refractivity contribution in [1.29, 1.82) is 0 Å². The van der Waals surface area contributed by atoms with Gasteiger partial charge in [-0.25, -0.2) is 0 Å². The molecule has 5 heteroatoms. The molecule has 2 N–H and O–H groups in total. The van der Waals surface area contributed by atoms with Gasteiger partial charge in [-0.1, -0.05) is 50.2 Å². The number of ketones is 1. The van der Waals surface area contributed by atoms with E-state index in [-0.39, 0.29) is 17.1 Å². The van der Waals surface area contributed by atoms with Gasteiger partial charge in [0.05, 0.1) is 22.6 Å². The van der Waals surface area contributed by atoms with Crippen LogP contribution in [0.25, 0.3) is 0 Å². The second-order valence-corrected chi connectivity index (χ2v) is 10.8. The van der Waals surface area contributed by atoms with Crippen molar-refractivity contribution in [3.05, 3.63) is 94.7 Å². The number of nitrogens with one attached hydrogen (secondary N) is 2. The lowest BCUT2D eigenvalue weighted by Gasteiger charge is -2.38. The molecule has 0 fully saturated rings. The van der Waals surface area contributed by atoms with Crippen LogP contribution in [0.5, 0.6) is 0 Å². The van der Waals surface area contributed by atoms with Crippen molar-refractivity contribution in [2.24, 2.45) is 5.41 Å². The largest absolute Gasteiger partial charge is 0.362 e. The second-order valence-electron chi connectivity index (χ2n) is 10.8. The Labute approximate surface area is 205 Å². The molecular formula is C30H29N3O2. The van der Waals surface area contributed by atoms with Gasteiger partial charge in [0, 0.05) is 23.4 Å². The van der Waals surface area contributed by atoms with E-state index >= 15 is 0 Å². The number of rotatable bonds is 1. The first-order valence-electron chi connectivity index (χ1n) is 12.1. The third-order valence-electron chi connectivity index (χ3n) is 7.58. The molecular weight excluding hydrogens is 434 g/mol. The molecule has 6 rings (SSSR count). The van der Waals surface area contributed by atoms with E-state index in [4.69, 9.17) is 0 Å². The van der Waals surface area contributed by atoms with Crippen molar-refractivity contribution in [3.8, 4) is 0 Å². The Kier molecular flexibility index (Phi) is 4.53. The van der Waals surface area contributed by atoms with Gasteiger partial charge in [0.2, 0.25) is 0 Å². The van der Waals surface area contributed by atoms with Gasteiger partial charge in [-0.2, -0.15) is 0 Å². The molecule has 1 aliphatic carbocycles. The van der Waals surface area contributed by atoms with Crippen molar-refractivity contribution >= 4 is 34.4 Å². The summed E-state index contributed by atoms with van der Waals surface area (Å²) < 4.78 is 0. The quantitative estimate of drug-likeness (QED) is 0.441. The average molecular weight is 464 g/mol. The molecule has 0 bridgehead atoms. The lowest BCUT2D eigenvalue weighted by molar-refractivity contribution is -0.124. The third kappa shape index (κ3) is 3.07. The lowest BCUT2D eigenvalue weighted by atomic mass is 9.69. The van der Waals surface area contributed by atoms with Gasteiger partial charge < -0.3 is 10.6 Å². The van der Waals surface area contributed by atoms with Crippen molar-refractivity contribution in [2.75, 3.05) is 15.5 Å². The number of carbonyl (C=O) groups is 2. The summed E-state index contributed by atoms with van der Waals surface area (Å²) in [5.41, 5.74) is 6.25. The zero-order chi connectivity index (χ0) is 24.5. The molecule has 1 atom stereocenters. The number of hydrogen-bond donors (Lipinski definition) is 2. The molecule has 0 aromatic heterocycles. The summed E-state index contributed by atoms with van der Waals surface area (Å²) in [6.45, 7) is 8.38. The van der Waals surface area contributed by atoms with Crippen LogP contribution in [0.3, 0.4) is 0 Å². The van der Waals surface area contributed by atoms with Crippen LogP contribution in [0.1, 0.15) is 43.4 Å². The van der Waals surface area contributed by atoms with E-state index in [2.05, 4.69) is 50.5 Å². The number of amides is 1. The molecule has 0 saturated carbocycles. The van der Waals surface area contributed by atoms with Gasteiger partial charge in [-0.3, -0.25) is 14.5 Å². The maximum atomic E-state index is 14.7. The van der Waals surface area contributed by atoms with E-state index in [1.165, 1.54) is 0 Å². The molecule has 2 aliphatic heterocycles. The Morgan fingerprint density at radius 2 is 1.49 bits per heavy atom. The molecule has 1 unspecified atom stereocenters. The highest BCUT2D eigenvalue weighted by Gasteiger charge is 2.59. The minimum absolute atomic E-state index is 0.00978. The molecule has 3 aliphatic rings. The van der Waals surface area contributed by atoms with Crippen LogP contribution >= 0.6 is 0 Å². The molecule has 35 heavy (non-hydrogen) atoms. The number of hydrogen-bond acceptors (Lipinski definition) is 4. The zero-order valence-electron chi connectivity index (χ0n) is 20.5. The first kappa shape index (κ1) is 21.7. The summed E-state index contributed by atoms with van der Waals surface area (Å²) in [5, 5.41) is 7.23. The van der Waals surface area contributed by atoms with Crippen molar-refractivity contribution < 1.29 is 9.59 Å². The first-order chi connectivity index (χ1) is 16.7. The molecule has 3 aromatic carbocycles. The predicted molar refractivity (Wildman–Crippen MR) is 140 cm³/mol. The SMILES string of the molecule is Cc1cc2c(cc1C)NC1(C(=O)N(c3ccccc3)c3ccccc31)C1=C(CC(C)(C)CC1=O)N2. The van der Waals surface area contributed by atoms with Crippen LogP contribution in [0.2, 0.25) is 0 Å². The van der Waals surface area contributed by atoms with Crippen LogP contribution in [-0.2, 0) is 15.1 Å². The number of Topliss-reactive ketones (excluding diaryl/α,β-unsaturated/α-hetero) is 1. The van der Waals surface area contributed by atoms with Crippen LogP contribution < -0.4 is 15.5 Å². The second kappa shape index (κ2) is 7.32. The topological polar surface area (TPSA) is 61.4 Å². The number of carbonyl (C=O) groups excluding carboxylic acids is 2. The number of allylic oxidation sites excluding steroid dienone is 1. The van der Waals surface area contributed by atoms with Crippen molar-refractivity contribution in [3.63, 3.8) is 0 Å². The maximum Gasteiger partial charge on any atom is 0.266 e. The van der Waals surface area contributed by atoms with Gasteiger partial charge >= 0.3 is 0 Å². The molecule has 0 saturated heterocycles. The fraction of sp³-hybridized carbons (Fsp3) is 0.267. The highest BCUT2D eigenvalue weighted by atomic mass is 16.2. The van der Waals surface area contributed by atoms with Gasteiger partial charge in [-0.15, -0.1) is 0 Å². The molecule has 5 nitrogen and oxygen atoms in total.